The van der Waals surface area contributed by atoms with E-state index in [4.69, 9.17) is 9.47 Å². The lowest BCUT2D eigenvalue weighted by Gasteiger charge is -2.46. The maximum absolute atomic E-state index is 14.2. The molecule has 0 radical (unpaired) electrons. The van der Waals surface area contributed by atoms with Crippen LogP contribution in [0, 0.1) is 0 Å². The third-order valence-electron chi connectivity index (χ3n) is 7.37. The number of carbonyl (C=O) groups excluding carboxylic acids is 2. The molecule has 180 valence electrons. The molecule has 6 nitrogen and oxygen atoms in total. The summed E-state index contributed by atoms with van der Waals surface area (Å²) >= 11 is 0. The minimum absolute atomic E-state index is 0.0120. The van der Waals surface area contributed by atoms with Crippen molar-refractivity contribution in [2.75, 3.05) is 32.8 Å². The average Bonchev–Trinajstić information content (AvgIpc) is 3.14. The van der Waals surface area contributed by atoms with Gasteiger partial charge in [-0.3, -0.25) is 9.59 Å². The van der Waals surface area contributed by atoms with Crippen molar-refractivity contribution in [1.82, 2.24) is 9.80 Å². The molecule has 2 atom stereocenters. The first-order chi connectivity index (χ1) is 16.6. The Balaban J connectivity index is 1.64. The molecule has 34 heavy (non-hydrogen) atoms. The molecular formula is C28H34N2O4. The highest BCUT2D eigenvalue weighted by Crippen LogP contribution is 2.49. The SMILES string of the molecule is CCOc1cc2c(cc1OCC)C1C(C(=O)N3CCCCCC3)c3ccccc3C(=O)N1CC2. The molecule has 2 aromatic carbocycles. The van der Waals surface area contributed by atoms with Gasteiger partial charge in [0, 0.05) is 25.2 Å². The number of ether oxygens (including phenoxy) is 2. The molecule has 0 aliphatic carbocycles. The van der Waals surface area contributed by atoms with Crippen LogP contribution in [0.2, 0.25) is 0 Å². The summed E-state index contributed by atoms with van der Waals surface area (Å²) < 4.78 is 11.8. The van der Waals surface area contributed by atoms with Crippen LogP contribution in [0.25, 0.3) is 0 Å². The highest BCUT2D eigenvalue weighted by atomic mass is 16.5. The van der Waals surface area contributed by atoms with Crippen LogP contribution >= 0.6 is 0 Å². The van der Waals surface area contributed by atoms with Crippen LogP contribution in [0.15, 0.2) is 36.4 Å². The van der Waals surface area contributed by atoms with Crippen molar-refractivity contribution in [3.05, 3.63) is 58.7 Å². The maximum Gasteiger partial charge on any atom is 0.254 e. The van der Waals surface area contributed by atoms with Gasteiger partial charge in [0.2, 0.25) is 5.91 Å². The third kappa shape index (κ3) is 3.93. The summed E-state index contributed by atoms with van der Waals surface area (Å²) in [5, 5.41) is 0. The molecule has 0 saturated carbocycles. The molecule has 3 heterocycles. The number of hydrogen-bond donors (Lipinski definition) is 0. The molecular weight excluding hydrogens is 428 g/mol. The van der Waals surface area contributed by atoms with Crippen molar-refractivity contribution in [3.63, 3.8) is 0 Å². The largest absolute Gasteiger partial charge is 0.490 e. The Labute approximate surface area is 201 Å². The molecule has 1 saturated heterocycles. The van der Waals surface area contributed by atoms with Crippen molar-refractivity contribution in [1.29, 1.82) is 0 Å². The normalized spacial score (nSPS) is 21.8. The second-order valence-electron chi connectivity index (χ2n) is 9.36. The van der Waals surface area contributed by atoms with E-state index in [1.54, 1.807) is 0 Å². The summed E-state index contributed by atoms with van der Waals surface area (Å²) in [6.07, 6.45) is 5.14. The van der Waals surface area contributed by atoms with Gasteiger partial charge in [0.1, 0.15) is 0 Å². The van der Waals surface area contributed by atoms with E-state index < -0.39 is 5.92 Å². The van der Waals surface area contributed by atoms with Crippen LogP contribution in [0.1, 0.15) is 78.5 Å². The van der Waals surface area contributed by atoms with Gasteiger partial charge in [0.05, 0.1) is 25.2 Å². The Morgan fingerprint density at radius 3 is 2.29 bits per heavy atom. The monoisotopic (exact) mass is 462 g/mol. The first-order valence-electron chi connectivity index (χ1n) is 12.7. The number of hydrogen-bond acceptors (Lipinski definition) is 4. The summed E-state index contributed by atoms with van der Waals surface area (Å²) in [6, 6.07) is 11.4. The second-order valence-corrected chi connectivity index (χ2v) is 9.36. The molecule has 0 spiro atoms. The van der Waals surface area contributed by atoms with Crippen LogP contribution in [0.4, 0.5) is 0 Å². The minimum Gasteiger partial charge on any atom is -0.490 e. The highest BCUT2D eigenvalue weighted by Gasteiger charge is 2.47. The van der Waals surface area contributed by atoms with E-state index in [1.165, 1.54) is 12.8 Å². The summed E-state index contributed by atoms with van der Waals surface area (Å²) in [5.74, 6) is 1.14. The number of rotatable bonds is 5. The number of amides is 2. The van der Waals surface area contributed by atoms with Gasteiger partial charge in [-0.05, 0) is 68.0 Å². The Kier molecular flexibility index (Phi) is 6.48. The number of carbonyl (C=O) groups is 2. The lowest BCUT2D eigenvalue weighted by molar-refractivity contribution is -0.134. The lowest BCUT2D eigenvalue weighted by Crippen LogP contribution is -2.51. The first kappa shape index (κ1) is 22.8. The Morgan fingerprint density at radius 1 is 0.912 bits per heavy atom. The zero-order valence-electron chi connectivity index (χ0n) is 20.2. The average molecular weight is 463 g/mol. The molecule has 2 unspecified atom stereocenters. The Morgan fingerprint density at radius 2 is 1.59 bits per heavy atom. The van der Waals surface area contributed by atoms with E-state index in [1.807, 2.05) is 54.0 Å². The summed E-state index contributed by atoms with van der Waals surface area (Å²) in [6.45, 7) is 7.16. The van der Waals surface area contributed by atoms with Crippen LogP contribution < -0.4 is 9.47 Å². The molecule has 3 aliphatic rings. The van der Waals surface area contributed by atoms with Crippen molar-refractivity contribution >= 4 is 11.8 Å². The molecule has 5 rings (SSSR count). The van der Waals surface area contributed by atoms with E-state index in [9.17, 15) is 9.59 Å². The maximum atomic E-state index is 14.2. The van der Waals surface area contributed by atoms with Gasteiger partial charge in [-0.15, -0.1) is 0 Å². The summed E-state index contributed by atoms with van der Waals surface area (Å²) in [5.41, 5.74) is 3.65. The smallest absolute Gasteiger partial charge is 0.254 e. The van der Waals surface area contributed by atoms with Crippen molar-refractivity contribution in [3.8, 4) is 11.5 Å². The molecule has 2 aromatic rings. The van der Waals surface area contributed by atoms with Crippen molar-refractivity contribution in [2.24, 2.45) is 0 Å². The summed E-state index contributed by atoms with van der Waals surface area (Å²) in [7, 11) is 0. The molecule has 0 aromatic heterocycles. The summed E-state index contributed by atoms with van der Waals surface area (Å²) in [4.78, 5) is 31.7. The Hall–Kier alpha value is -3.02. The minimum atomic E-state index is -0.418. The molecule has 3 aliphatic heterocycles. The van der Waals surface area contributed by atoms with Gasteiger partial charge in [-0.2, -0.15) is 0 Å². The van der Waals surface area contributed by atoms with E-state index in [0.29, 0.717) is 31.1 Å². The van der Waals surface area contributed by atoms with Gasteiger partial charge in [-0.1, -0.05) is 31.0 Å². The van der Waals surface area contributed by atoms with Crippen molar-refractivity contribution in [2.45, 2.75) is 57.9 Å². The molecule has 0 bridgehead atoms. The third-order valence-corrected chi connectivity index (χ3v) is 7.37. The molecule has 6 heteroatoms. The number of fused-ring (bicyclic) bond motifs is 4. The standard InChI is InChI=1S/C28H34N2O4/c1-3-33-23-17-19-13-16-30-26(22(19)18-24(23)34-4-2)25(20-11-7-8-12-21(20)27(30)31)28(32)29-14-9-5-6-10-15-29/h7-8,11-12,17-18,25-26H,3-6,9-10,13-16H2,1-2H3. The first-order valence-corrected chi connectivity index (χ1v) is 12.7. The van der Waals surface area contributed by atoms with E-state index >= 15 is 0 Å². The van der Waals surface area contributed by atoms with Gasteiger partial charge < -0.3 is 19.3 Å². The topological polar surface area (TPSA) is 59.1 Å². The predicted molar refractivity (Wildman–Crippen MR) is 130 cm³/mol. The van der Waals surface area contributed by atoms with Crippen LogP contribution in [0.5, 0.6) is 11.5 Å². The van der Waals surface area contributed by atoms with E-state index in [-0.39, 0.29) is 17.9 Å². The van der Waals surface area contributed by atoms with Crippen LogP contribution in [-0.2, 0) is 11.2 Å². The van der Waals surface area contributed by atoms with Gasteiger partial charge in [0.15, 0.2) is 11.5 Å². The highest BCUT2D eigenvalue weighted by molar-refractivity contribution is 6.01. The van der Waals surface area contributed by atoms with Crippen molar-refractivity contribution < 1.29 is 19.1 Å². The van der Waals surface area contributed by atoms with E-state index in [0.717, 1.165) is 54.8 Å². The fourth-order valence-corrected chi connectivity index (χ4v) is 5.83. The predicted octanol–water partition coefficient (Wildman–Crippen LogP) is 4.72. The van der Waals surface area contributed by atoms with E-state index in [2.05, 4.69) is 6.07 Å². The van der Waals surface area contributed by atoms with Crippen LogP contribution in [0.3, 0.4) is 0 Å². The zero-order valence-corrected chi connectivity index (χ0v) is 20.2. The number of likely N-dealkylation sites (tertiary alicyclic amines) is 1. The lowest BCUT2D eigenvalue weighted by atomic mass is 9.75. The van der Waals surface area contributed by atoms with Gasteiger partial charge in [0.25, 0.3) is 5.91 Å². The Bertz CT molecular complexity index is 1070. The second kappa shape index (κ2) is 9.69. The molecule has 2 amide bonds. The molecule has 1 fully saturated rings. The quantitative estimate of drug-likeness (QED) is 0.645. The number of benzene rings is 2. The molecule has 0 N–H and O–H groups in total. The fourth-order valence-electron chi connectivity index (χ4n) is 5.83. The fraction of sp³-hybridized carbons (Fsp3) is 0.500. The zero-order chi connectivity index (χ0) is 23.7. The number of nitrogens with zero attached hydrogens (tertiary/aromatic N) is 2. The van der Waals surface area contributed by atoms with Crippen LogP contribution in [-0.4, -0.2) is 54.5 Å². The van der Waals surface area contributed by atoms with Gasteiger partial charge >= 0.3 is 0 Å². The van der Waals surface area contributed by atoms with Gasteiger partial charge in [-0.25, -0.2) is 0 Å².